The van der Waals surface area contributed by atoms with Crippen molar-refractivity contribution in [1.82, 2.24) is 10.6 Å². The molecule has 196 valence electrons. The molecule has 3 rings (SSSR count). The summed E-state index contributed by atoms with van der Waals surface area (Å²) >= 11 is 0. The highest BCUT2D eigenvalue weighted by Gasteiger charge is 2.32. The average molecular weight is 510 g/mol. The van der Waals surface area contributed by atoms with Crippen molar-refractivity contribution in [1.29, 1.82) is 0 Å². The summed E-state index contributed by atoms with van der Waals surface area (Å²) in [7, 11) is 1.58. The summed E-state index contributed by atoms with van der Waals surface area (Å²) in [5.41, 5.74) is -0.877. The number of carbonyl (C=O) groups is 2. The second-order valence-electron chi connectivity index (χ2n) is 8.90. The number of amides is 2. The van der Waals surface area contributed by atoms with Gasteiger partial charge >= 0.3 is 6.18 Å². The van der Waals surface area contributed by atoms with Crippen molar-refractivity contribution in [2.75, 3.05) is 25.5 Å². The fourth-order valence-electron chi connectivity index (χ4n) is 4.32. The molecule has 1 fully saturated rings. The van der Waals surface area contributed by atoms with Gasteiger partial charge in [-0.1, -0.05) is 32.1 Å². The van der Waals surface area contributed by atoms with Gasteiger partial charge in [0.25, 0.3) is 5.91 Å². The van der Waals surface area contributed by atoms with E-state index in [1.54, 1.807) is 19.2 Å². The minimum absolute atomic E-state index is 0.227. The highest BCUT2D eigenvalue weighted by Crippen LogP contribution is 2.30. The quantitative estimate of drug-likeness (QED) is 0.306. The SMILES string of the molecule is COc1ccc(NCCNC(=O)[C@H](CC2CCCCC2)NC(=O)c2ccc(C(F)(F)F)cc2F)cc1. The van der Waals surface area contributed by atoms with Gasteiger partial charge in [0.1, 0.15) is 17.6 Å². The summed E-state index contributed by atoms with van der Waals surface area (Å²) < 4.78 is 57.9. The first-order valence-corrected chi connectivity index (χ1v) is 12.0. The van der Waals surface area contributed by atoms with Gasteiger partial charge in [0.05, 0.1) is 18.2 Å². The van der Waals surface area contributed by atoms with Gasteiger partial charge in [-0.15, -0.1) is 0 Å². The van der Waals surface area contributed by atoms with Crippen LogP contribution in [0, 0.1) is 11.7 Å². The number of alkyl halides is 3. The van der Waals surface area contributed by atoms with Crippen molar-refractivity contribution in [2.45, 2.75) is 50.7 Å². The molecule has 0 bridgehead atoms. The Morgan fingerprint density at radius 3 is 2.33 bits per heavy atom. The Morgan fingerprint density at radius 2 is 1.72 bits per heavy atom. The molecule has 0 aromatic heterocycles. The van der Waals surface area contributed by atoms with Crippen LogP contribution in [0.2, 0.25) is 0 Å². The third kappa shape index (κ3) is 7.86. The minimum Gasteiger partial charge on any atom is -0.497 e. The van der Waals surface area contributed by atoms with Gasteiger partial charge in [-0.25, -0.2) is 4.39 Å². The predicted molar refractivity (Wildman–Crippen MR) is 128 cm³/mol. The number of halogens is 4. The lowest BCUT2D eigenvalue weighted by atomic mass is 9.84. The van der Waals surface area contributed by atoms with E-state index in [-0.39, 0.29) is 18.5 Å². The third-order valence-corrected chi connectivity index (χ3v) is 6.30. The lowest BCUT2D eigenvalue weighted by Crippen LogP contribution is -2.48. The molecule has 2 aromatic carbocycles. The van der Waals surface area contributed by atoms with Gasteiger partial charge in [0.15, 0.2) is 0 Å². The first-order valence-electron chi connectivity index (χ1n) is 12.0. The number of hydrogen-bond acceptors (Lipinski definition) is 4. The summed E-state index contributed by atoms with van der Waals surface area (Å²) in [6.45, 7) is 0.701. The zero-order chi connectivity index (χ0) is 26.1. The minimum atomic E-state index is -4.72. The topological polar surface area (TPSA) is 79.5 Å². The number of carbonyl (C=O) groups excluding carboxylic acids is 2. The molecule has 2 aromatic rings. The van der Waals surface area contributed by atoms with Crippen LogP contribution < -0.4 is 20.7 Å². The normalized spacial score (nSPS) is 15.1. The lowest BCUT2D eigenvalue weighted by Gasteiger charge is -2.27. The van der Waals surface area contributed by atoms with Crippen LogP contribution in [0.15, 0.2) is 42.5 Å². The Morgan fingerprint density at radius 1 is 1.03 bits per heavy atom. The van der Waals surface area contributed by atoms with Crippen LogP contribution in [-0.2, 0) is 11.0 Å². The van der Waals surface area contributed by atoms with E-state index < -0.39 is 41.0 Å². The van der Waals surface area contributed by atoms with Gasteiger partial charge in [-0.05, 0) is 54.8 Å². The van der Waals surface area contributed by atoms with E-state index in [0.717, 1.165) is 49.6 Å². The fraction of sp³-hybridized carbons (Fsp3) is 0.462. The van der Waals surface area contributed by atoms with Crippen molar-refractivity contribution in [3.8, 4) is 5.75 Å². The maximum absolute atomic E-state index is 14.3. The second kappa shape index (κ2) is 12.6. The Kier molecular flexibility index (Phi) is 9.55. The summed E-state index contributed by atoms with van der Waals surface area (Å²) in [6.07, 6.45) is 0.692. The first kappa shape index (κ1) is 27.3. The fourth-order valence-corrected chi connectivity index (χ4v) is 4.32. The number of nitrogens with one attached hydrogen (secondary N) is 3. The molecule has 1 aliphatic rings. The lowest BCUT2D eigenvalue weighted by molar-refractivity contribution is -0.137. The molecule has 0 saturated heterocycles. The number of anilines is 1. The molecule has 0 heterocycles. The molecule has 1 saturated carbocycles. The number of ether oxygens (including phenoxy) is 1. The molecular formula is C26H31F4N3O3. The van der Waals surface area contributed by atoms with Crippen LogP contribution >= 0.6 is 0 Å². The van der Waals surface area contributed by atoms with E-state index in [4.69, 9.17) is 4.74 Å². The van der Waals surface area contributed by atoms with Gasteiger partial charge in [0, 0.05) is 18.8 Å². The molecule has 0 unspecified atom stereocenters. The third-order valence-electron chi connectivity index (χ3n) is 6.30. The Bertz CT molecular complexity index is 1020. The molecule has 0 radical (unpaired) electrons. The van der Waals surface area contributed by atoms with E-state index in [1.165, 1.54) is 0 Å². The van der Waals surface area contributed by atoms with Crippen LogP contribution in [0.4, 0.5) is 23.2 Å². The zero-order valence-corrected chi connectivity index (χ0v) is 20.1. The Balaban J connectivity index is 1.61. The van der Waals surface area contributed by atoms with Crippen LogP contribution in [0.3, 0.4) is 0 Å². The largest absolute Gasteiger partial charge is 0.497 e. The number of rotatable bonds is 10. The van der Waals surface area contributed by atoms with Gasteiger partial charge < -0.3 is 20.7 Å². The highest BCUT2D eigenvalue weighted by atomic mass is 19.4. The van der Waals surface area contributed by atoms with Crippen molar-refractivity contribution in [3.63, 3.8) is 0 Å². The Labute approximate surface area is 207 Å². The molecule has 1 atom stereocenters. The van der Waals surface area contributed by atoms with E-state index in [0.29, 0.717) is 19.0 Å². The number of methoxy groups -OCH3 is 1. The molecule has 36 heavy (non-hydrogen) atoms. The summed E-state index contributed by atoms with van der Waals surface area (Å²) in [5, 5.41) is 8.49. The van der Waals surface area contributed by atoms with Crippen molar-refractivity contribution < 1.29 is 31.9 Å². The van der Waals surface area contributed by atoms with Crippen molar-refractivity contribution in [3.05, 3.63) is 59.4 Å². The van der Waals surface area contributed by atoms with E-state index in [2.05, 4.69) is 16.0 Å². The average Bonchev–Trinajstić information content (AvgIpc) is 2.86. The van der Waals surface area contributed by atoms with Gasteiger partial charge in [-0.2, -0.15) is 13.2 Å². The molecule has 6 nitrogen and oxygen atoms in total. The molecule has 2 amide bonds. The summed E-state index contributed by atoms with van der Waals surface area (Å²) in [4.78, 5) is 25.7. The van der Waals surface area contributed by atoms with Crippen molar-refractivity contribution in [2.24, 2.45) is 5.92 Å². The maximum atomic E-state index is 14.3. The van der Waals surface area contributed by atoms with Crippen molar-refractivity contribution >= 4 is 17.5 Å². The van der Waals surface area contributed by atoms with Gasteiger partial charge in [0.2, 0.25) is 5.91 Å². The van der Waals surface area contributed by atoms with Gasteiger partial charge in [-0.3, -0.25) is 9.59 Å². The molecule has 3 N–H and O–H groups in total. The number of hydrogen-bond donors (Lipinski definition) is 3. The zero-order valence-electron chi connectivity index (χ0n) is 20.1. The predicted octanol–water partition coefficient (Wildman–Crippen LogP) is 5.15. The van der Waals surface area contributed by atoms with Crippen LogP contribution in [0.5, 0.6) is 5.75 Å². The second-order valence-corrected chi connectivity index (χ2v) is 8.90. The van der Waals surface area contributed by atoms with Crippen LogP contribution in [-0.4, -0.2) is 38.1 Å². The monoisotopic (exact) mass is 509 g/mol. The first-order chi connectivity index (χ1) is 17.2. The molecular weight excluding hydrogens is 478 g/mol. The molecule has 1 aliphatic carbocycles. The standard InChI is InChI=1S/C26H31F4N3O3/c1-36-20-10-8-19(9-11-20)31-13-14-32-25(35)23(15-17-5-3-2-4-6-17)33-24(34)21-12-7-18(16-22(21)27)26(28,29)30/h7-12,16-17,23,31H,2-6,13-15H2,1H3,(H,32,35)(H,33,34)/t23-/m0/s1. The van der Waals surface area contributed by atoms with Crippen LogP contribution in [0.25, 0.3) is 0 Å². The van der Waals surface area contributed by atoms with E-state index in [9.17, 15) is 27.2 Å². The summed E-state index contributed by atoms with van der Waals surface area (Å²) in [5.74, 6) is -1.68. The summed E-state index contributed by atoms with van der Waals surface area (Å²) in [6, 6.07) is 8.09. The Hall–Kier alpha value is -3.30. The maximum Gasteiger partial charge on any atom is 0.416 e. The molecule has 0 aliphatic heterocycles. The van der Waals surface area contributed by atoms with E-state index >= 15 is 0 Å². The smallest absolute Gasteiger partial charge is 0.416 e. The van der Waals surface area contributed by atoms with Crippen LogP contribution in [0.1, 0.15) is 54.4 Å². The molecule has 10 heteroatoms. The van der Waals surface area contributed by atoms with E-state index in [1.807, 2.05) is 12.1 Å². The number of benzene rings is 2. The highest BCUT2D eigenvalue weighted by molar-refractivity contribution is 5.97. The molecule has 0 spiro atoms.